The minimum Gasteiger partial charge on any atom is -0.350 e. The van der Waals surface area contributed by atoms with Gasteiger partial charge in [0.1, 0.15) is 5.01 Å². The predicted molar refractivity (Wildman–Crippen MR) is 64.0 cm³/mol. The maximum absolute atomic E-state index is 11.6. The summed E-state index contributed by atoms with van der Waals surface area (Å²) in [6.45, 7) is 2.53. The molecule has 0 saturated heterocycles. The van der Waals surface area contributed by atoms with E-state index in [1.165, 1.54) is 17.7 Å². The van der Waals surface area contributed by atoms with Crippen LogP contribution in [0.4, 0.5) is 0 Å². The van der Waals surface area contributed by atoms with Crippen molar-refractivity contribution < 1.29 is 4.79 Å². The average Bonchev–Trinajstić information content (AvgIpc) is 3.00. The Morgan fingerprint density at radius 2 is 2.50 bits per heavy atom. The van der Waals surface area contributed by atoms with Gasteiger partial charge in [0.25, 0.3) is 0 Å². The van der Waals surface area contributed by atoms with Crippen LogP contribution in [0.2, 0.25) is 0 Å². The first-order chi connectivity index (χ1) is 7.65. The molecule has 0 bridgehead atoms. The number of aryl methyl sites for hydroxylation is 1. The van der Waals surface area contributed by atoms with Gasteiger partial charge in [0.2, 0.25) is 5.91 Å². The second-order valence-corrected chi connectivity index (χ2v) is 5.67. The molecule has 3 N–H and O–H groups in total. The van der Waals surface area contributed by atoms with E-state index in [2.05, 4.69) is 10.3 Å². The lowest BCUT2D eigenvalue weighted by molar-refractivity contribution is -0.121. The number of carbonyl (C=O) groups excluding carboxylic acids is 1. The first kappa shape index (κ1) is 11.5. The fourth-order valence-electron chi connectivity index (χ4n) is 1.63. The number of nitrogens with zero attached hydrogens (tertiary/aromatic N) is 1. The quantitative estimate of drug-likeness (QED) is 0.811. The molecule has 4 nitrogen and oxygen atoms in total. The smallest absolute Gasteiger partial charge is 0.221 e. The molecule has 1 atom stereocenters. The fourth-order valence-corrected chi connectivity index (χ4v) is 2.36. The largest absolute Gasteiger partial charge is 0.350 e. The van der Waals surface area contributed by atoms with Crippen LogP contribution in [-0.4, -0.2) is 16.9 Å². The van der Waals surface area contributed by atoms with Gasteiger partial charge in [-0.05, 0) is 25.7 Å². The maximum Gasteiger partial charge on any atom is 0.221 e. The van der Waals surface area contributed by atoms with Gasteiger partial charge < -0.3 is 11.1 Å². The lowest BCUT2D eigenvalue weighted by Gasteiger charge is -2.09. The average molecular weight is 239 g/mol. The van der Waals surface area contributed by atoms with Gasteiger partial charge in [-0.25, -0.2) is 4.98 Å². The SMILES string of the molecule is Cc1cnc(CNC(=O)CC(N)C2CC2)s1. The van der Waals surface area contributed by atoms with Gasteiger partial charge in [-0.15, -0.1) is 11.3 Å². The molecule has 1 aromatic rings. The molecule has 1 heterocycles. The van der Waals surface area contributed by atoms with Crippen molar-refractivity contribution in [3.05, 3.63) is 16.1 Å². The van der Waals surface area contributed by atoms with E-state index >= 15 is 0 Å². The van der Waals surface area contributed by atoms with E-state index in [0.717, 1.165) is 5.01 Å². The van der Waals surface area contributed by atoms with Gasteiger partial charge in [-0.3, -0.25) is 4.79 Å². The zero-order chi connectivity index (χ0) is 11.5. The monoisotopic (exact) mass is 239 g/mol. The number of amides is 1. The molecule has 1 aliphatic carbocycles. The molecule has 0 aromatic carbocycles. The number of carbonyl (C=O) groups is 1. The number of nitrogens with one attached hydrogen (secondary N) is 1. The van der Waals surface area contributed by atoms with E-state index in [1.54, 1.807) is 11.3 Å². The lowest BCUT2D eigenvalue weighted by Crippen LogP contribution is -2.32. The Morgan fingerprint density at radius 3 is 3.06 bits per heavy atom. The van der Waals surface area contributed by atoms with Crippen LogP contribution in [0.1, 0.15) is 29.1 Å². The molecule has 88 valence electrons. The minimum atomic E-state index is 0.0345. The second kappa shape index (κ2) is 4.93. The third-order valence-corrected chi connectivity index (χ3v) is 3.67. The molecule has 0 spiro atoms. The van der Waals surface area contributed by atoms with E-state index in [4.69, 9.17) is 5.73 Å². The summed E-state index contributed by atoms with van der Waals surface area (Å²) in [6, 6.07) is 0.0398. The van der Waals surface area contributed by atoms with Crippen LogP contribution in [0.25, 0.3) is 0 Å². The normalized spacial score (nSPS) is 17.1. The van der Waals surface area contributed by atoms with Crippen LogP contribution in [0.3, 0.4) is 0 Å². The first-order valence-corrected chi connectivity index (χ1v) is 6.40. The highest BCUT2D eigenvalue weighted by atomic mass is 32.1. The summed E-state index contributed by atoms with van der Waals surface area (Å²) in [5, 5.41) is 3.80. The molecular formula is C11H17N3OS. The van der Waals surface area contributed by atoms with E-state index in [1.807, 2.05) is 13.1 Å². The number of thiazole rings is 1. The molecule has 1 aliphatic rings. The topological polar surface area (TPSA) is 68.0 Å². The number of hydrogen-bond acceptors (Lipinski definition) is 4. The summed E-state index contributed by atoms with van der Waals surface area (Å²) in [7, 11) is 0. The van der Waals surface area contributed by atoms with Crippen molar-refractivity contribution in [2.75, 3.05) is 0 Å². The van der Waals surface area contributed by atoms with E-state index in [9.17, 15) is 4.79 Å². The highest BCUT2D eigenvalue weighted by Crippen LogP contribution is 2.32. The van der Waals surface area contributed by atoms with Crippen LogP contribution in [0.5, 0.6) is 0 Å². The molecule has 1 saturated carbocycles. The molecule has 1 fully saturated rings. The molecular weight excluding hydrogens is 222 g/mol. The first-order valence-electron chi connectivity index (χ1n) is 5.58. The van der Waals surface area contributed by atoms with Gasteiger partial charge in [0, 0.05) is 23.5 Å². The maximum atomic E-state index is 11.6. The Labute approximate surface area is 99.3 Å². The molecule has 1 aromatic heterocycles. The molecule has 1 unspecified atom stereocenters. The van der Waals surface area contributed by atoms with Crippen LogP contribution in [0, 0.1) is 12.8 Å². The molecule has 0 aliphatic heterocycles. The third kappa shape index (κ3) is 3.28. The molecule has 0 radical (unpaired) electrons. The molecule has 1 amide bonds. The predicted octanol–water partition coefficient (Wildman–Crippen LogP) is 1.20. The third-order valence-electron chi connectivity index (χ3n) is 2.75. The fraction of sp³-hybridized carbons (Fsp3) is 0.636. The van der Waals surface area contributed by atoms with Crippen LogP contribution >= 0.6 is 11.3 Å². The van der Waals surface area contributed by atoms with Crippen molar-refractivity contribution in [2.45, 2.75) is 38.8 Å². The number of rotatable bonds is 5. The summed E-state index contributed by atoms with van der Waals surface area (Å²) in [5.74, 6) is 0.611. The van der Waals surface area contributed by atoms with Gasteiger partial charge >= 0.3 is 0 Å². The Hall–Kier alpha value is -0.940. The summed E-state index contributed by atoms with van der Waals surface area (Å²) >= 11 is 1.61. The standard InChI is InChI=1S/C11H17N3OS/c1-7-5-14-11(16-7)6-13-10(15)4-9(12)8-2-3-8/h5,8-9H,2-4,6,12H2,1H3,(H,13,15). The Balaban J connectivity index is 1.70. The van der Waals surface area contributed by atoms with Crippen molar-refractivity contribution in [3.63, 3.8) is 0 Å². The highest BCUT2D eigenvalue weighted by molar-refractivity contribution is 7.11. The second-order valence-electron chi connectivity index (χ2n) is 4.35. The van der Waals surface area contributed by atoms with E-state index in [-0.39, 0.29) is 11.9 Å². The van der Waals surface area contributed by atoms with Crippen molar-refractivity contribution in [1.29, 1.82) is 0 Å². The van der Waals surface area contributed by atoms with Gasteiger partial charge in [0.15, 0.2) is 0 Å². The van der Waals surface area contributed by atoms with Crippen LogP contribution in [0.15, 0.2) is 6.20 Å². The summed E-state index contributed by atoms with van der Waals surface area (Å²) in [5.41, 5.74) is 5.88. The van der Waals surface area contributed by atoms with Gasteiger partial charge in [0.05, 0.1) is 6.54 Å². The number of hydrogen-bond donors (Lipinski definition) is 2. The summed E-state index contributed by atoms with van der Waals surface area (Å²) in [6.07, 6.45) is 4.62. The molecule has 5 heteroatoms. The lowest BCUT2D eigenvalue weighted by atomic mass is 10.1. The molecule has 2 rings (SSSR count). The number of nitrogens with two attached hydrogens (primary N) is 1. The Bertz CT molecular complexity index is 373. The minimum absolute atomic E-state index is 0.0345. The van der Waals surface area contributed by atoms with Crippen LogP contribution in [-0.2, 0) is 11.3 Å². The van der Waals surface area contributed by atoms with E-state index < -0.39 is 0 Å². The molecule has 16 heavy (non-hydrogen) atoms. The zero-order valence-electron chi connectivity index (χ0n) is 9.40. The summed E-state index contributed by atoms with van der Waals surface area (Å²) in [4.78, 5) is 16.9. The zero-order valence-corrected chi connectivity index (χ0v) is 10.2. The van der Waals surface area contributed by atoms with Crippen molar-refractivity contribution in [1.82, 2.24) is 10.3 Å². The van der Waals surface area contributed by atoms with Crippen LogP contribution < -0.4 is 11.1 Å². The van der Waals surface area contributed by atoms with Crippen molar-refractivity contribution >= 4 is 17.2 Å². The van der Waals surface area contributed by atoms with Crippen molar-refractivity contribution in [2.24, 2.45) is 11.7 Å². The van der Waals surface area contributed by atoms with E-state index in [0.29, 0.717) is 18.9 Å². The summed E-state index contributed by atoms with van der Waals surface area (Å²) < 4.78 is 0. The Kier molecular flexibility index (Phi) is 3.56. The van der Waals surface area contributed by atoms with Crippen molar-refractivity contribution in [3.8, 4) is 0 Å². The Morgan fingerprint density at radius 1 is 1.75 bits per heavy atom. The van der Waals surface area contributed by atoms with Gasteiger partial charge in [-0.2, -0.15) is 0 Å². The van der Waals surface area contributed by atoms with Gasteiger partial charge in [-0.1, -0.05) is 0 Å². The number of aromatic nitrogens is 1. The highest BCUT2D eigenvalue weighted by Gasteiger charge is 2.29.